The van der Waals surface area contributed by atoms with Gasteiger partial charge in [-0.15, -0.1) is 11.3 Å². The van der Waals surface area contributed by atoms with Gasteiger partial charge in [-0.05, 0) is 49.9 Å². The van der Waals surface area contributed by atoms with Crippen molar-refractivity contribution >= 4 is 49.6 Å². The number of nitriles is 1. The number of rotatable bonds is 8. The number of aromatic nitrogens is 2. The van der Waals surface area contributed by atoms with E-state index in [-0.39, 0.29) is 43.4 Å². The Morgan fingerprint density at radius 3 is 2.51 bits per heavy atom. The van der Waals surface area contributed by atoms with E-state index in [1.54, 1.807) is 11.0 Å². The molecule has 2 aliphatic heterocycles. The predicted octanol–water partition coefficient (Wildman–Crippen LogP) is 7.79. The number of amides is 1. The van der Waals surface area contributed by atoms with Gasteiger partial charge >= 0.3 is 12.2 Å². The minimum absolute atomic E-state index is 0.00884. The Morgan fingerprint density at radius 1 is 1.20 bits per heavy atom. The second kappa shape index (κ2) is 16.8. The molecule has 2 aliphatic rings. The van der Waals surface area contributed by atoms with E-state index in [2.05, 4.69) is 21.8 Å². The zero-order valence-corrected chi connectivity index (χ0v) is 29.9. The van der Waals surface area contributed by atoms with Gasteiger partial charge in [-0.3, -0.25) is 9.69 Å². The molecule has 9 nitrogen and oxygen atoms in total. The van der Waals surface area contributed by atoms with Crippen molar-refractivity contribution in [1.29, 1.82) is 5.26 Å². The van der Waals surface area contributed by atoms with Gasteiger partial charge in [0.2, 0.25) is 6.41 Å². The number of hydrogen-bond acceptors (Lipinski definition) is 9. The Kier molecular flexibility index (Phi) is 13.0. The van der Waals surface area contributed by atoms with E-state index < -0.39 is 40.6 Å². The highest BCUT2D eigenvalue weighted by Gasteiger charge is 2.38. The zero-order chi connectivity index (χ0) is 37.6. The molecule has 2 aromatic heterocycles. The first-order valence-electron chi connectivity index (χ1n) is 16.4. The largest absolute Gasteiger partial charge is 0.467 e. The highest BCUT2D eigenvalue weighted by atomic mass is 32.1. The van der Waals surface area contributed by atoms with Crippen molar-refractivity contribution in [2.45, 2.75) is 63.8 Å². The number of hydrogen-bond donors (Lipinski definition) is 1. The number of nitrogen functional groups attached to an aromatic ring is 1. The average molecular weight is 738 g/mol. The van der Waals surface area contributed by atoms with E-state index in [9.17, 15) is 32.0 Å². The van der Waals surface area contributed by atoms with Crippen molar-refractivity contribution in [3.05, 3.63) is 41.0 Å². The SMILES string of the molecule is CCCCCN(C)C=O.COc1nc(N(C)C)c2cc(C(F)(F)F)c(-c3ccc(F)c4sc(N)c(C#N)c34)c(F)c2n1.FC1CC2CCCN2C1. The number of carbonyl (C=O) groups is 1. The van der Waals surface area contributed by atoms with Crippen LogP contribution >= 0.6 is 11.3 Å². The Bertz CT molecular complexity index is 1880. The van der Waals surface area contributed by atoms with Crippen LogP contribution in [0.3, 0.4) is 0 Å². The van der Waals surface area contributed by atoms with E-state index >= 15 is 4.39 Å². The molecule has 2 fully saturated rings. The van der Waals surface area contributed by atoms with Crippen LogP contribution in [0.4, 0.5) is 37.2 Å². The maximum Gasteiger partial charge on any atom is 0.417 e. The van der Waals surface area contributed by atoms with Crippen LogP contribution in [0.2, 0.25) is 0 Å². The zero-order valence-electron chi connectivity index (χ0n) is 29.1. The molecule has 0 radical (unpaired) electrons. The number of unbranched alkanes of at least 4 members (excludes halogenated alkanes) is 2. The van der Waals surface area contributed by atoms with Crippen LogP contribution in [0.1, 0.15) is 56.6 Å². The first-order chi connectivity index (χ1) is 24.2. The molecule has 2 atom stereocenters. The number of fused-ring (bicyclic) bond motifs is 3. The summed E-state index contributed by atoms with van der Waals surface area (Å²) in [7, 11) is 6.09. The average Bonchev–Trinajstić information content (AvgIpc) is 3.77. The number of methoxy groups -OCH3 is 1. The Hall–Kier alpha value is -4.36. The molecule has 2 unspecified atom stereocenters. The predicted molar refractivity (Wildman–Crippen MR) is 188 cm³/mol. The third-order valence-corrected chi connectivity index (χ3v) is 9.78. The molecule has 2 saturated heterocycles. The molecule has 276 valence electrons. The second-order valence-corrected chi connectivity index (χ2v) is 13.7. The van der Waals surface area contributed by atoms with Gasteiger partial charge in [0.25, 0.3) is 0 Å². The summed E-state index contributed by atoms with van der Waals surface area (Å²) >= 11 is 0.698. The number of carbonyl (C=O) groups excluding carboxylic acids is 1. The van der Waals surface area contributed by atoms with Gasteiger partial charge in [0, 0.05) is 56.6 Å². The lowest BCUT2D eigenvalue weighted by molar-refractivity contribution is -0.137. The van der Waals surface area contributed by atoms with Gasteiger partial charge in [-0.25, -0.2) is 13.2 Å². The molecule has 51 heavy (non-hydrogen) atoms. The normalized spacial score (nSPS) is 16.9. The van der Waals surface area contributed by atoms with E-state index in [0.29, 0.717) is 23.9 Å². The summed E-state index contributed by atoms with van der Waals surface area (Å²) in [4.78, 5) is 23.3. The summed E-state index contributed by atoms with van der Waals surface area (Å²) in [5.41, 5.74) is 2.61. The van der Waals surface area contributed by atoms with Crippen LogP contribution < -0.4 is 15.4 Å². The number of thiophene rings is 1. The van der Waals surface area contributed by atoms with Crippen LogP contribution in [0.15, 0.2) is 18.2 Å². The number of alkyl halides is 4. The summed E-state index contributed by atoms with van der Waals surface area (Å²) in [6.07, 6.45) is 2.25. The fourth-order valence-corrected chi connectivity index (χ4v) is 7.26. The maximum atomic E-state index is 15.9. The molecule has 0 aliphatic carbocycles. The van der Waals surface area contributed by atoms with Crippen LogP contribution in [0.25, 0.3) is 32.1 Å². The standard InChI is InChI=1S/C21H14F5N5OS.C7H12FN.C7H15NO/c1-31(2)19-9-6-11(21(24,25)26)14(15(23)16(9)29-20(30-19)32-3)8-4-5-12(22)17-13(8)10(7-27)18(28)33-17;8-6-4-7-2-1-3-9(7)5-6;1-3-4-5-6-8(2)7-9/h4-6H,28H2,1-3H3;6-7H,1-5H2;7H,3-6H2,1-2H3. The molecule has 0 spiro atoms. The lowest BCUT2D eigenvalue weighted by Gasteiger charge is -2.20. The van der Waals surface area contributed by atoms with Gasteiger partial charge in [0.05, 0.1) is 22.9 Å². The summed E-state index contributed by atoms with van der Waals surface area (Å²) < 4.78 is 90.3. The second-order valence-electron chi connectivity index (χ2n) is 12.6. The third-order valence-electron chi connectivity index (χ3n) is 8.76. The highest BCUT2D eigenvalue weighted by molar-refractivity contribution is 7.23. The van der Waals surface area contributed by atoms with Crippen LogP contribution in [0, 0.1) is 23.0 Å². The van der Waals surface area contributed by atoms with Gasteiger partial charge in [0.1, 0.15) is 34.4 Å². The number of nitrogens with two attached hydrogens (primary N) is 1. The molecule has 6 rings (SSSR count). The molecule has 2 N–H and O–H groups in total. The van der Waals surface area contributed by atoms with Crippen LogP contribution in [-0.2, 0) is 11.0 Å². The highest BCUT2D eigenvalue weighted by Crippen LogP contribution is 2.47. The summed E-state index contributed by atoms with van der Waals surface area (Å²) in [6.45, 7) is 4.91. The van der Waals surface area contributed by atoms with Crippen molar-refractivity contribution < 1.29 is 35.9 Å². The number of benzene rings is 2. The topological polar surface area (TPSA) is 112 Å². The number of nitrogens with zero attached hydrogens (tertiary/aromatic N) is 6. The Labute approximate surface area is 296 Å². The Morgan fingerprint density at radius 2 is 1.92 bits per heavy atom. The van der Waals surface area contributed by atoms with E-state index in [4.69, 9.17) is 10.5 Å². The fraction of sp³-hybridized carbons (Fsp3) is 0.486. The molecule has 2 aromatic carbocycles. The van der Waals surface area contributed by atoms with Gasteiger partial charge in [0.15, 0.2) is 5.82 Å². The monoisotopic (exact) mass is 737 g/mol. The fourth-order valence-electron chi connectivity index (χ4n) is 6.31. The third kappa shape index (κ3) is 8.75. The number of ether oxygens (including phenoxy) is 1. The van der Waals surface area contributed by atoms with E-state index in [0.717, 1.165) is 50.5 Å². The summed E-state index contributed by atoms with van der Waals surface area (Å²) in [5.74, 6) is -2.10. The minimum atomic E-state index is -5.00. The molecular formula is C35H41F6N7O2S. The first-order valence-corrected chi connectivity index (χ1v) is 17.3. The Balaban J connectivity index is 0.000000262. The first kappa shape index (κ1) is 39.4. The number of anilines is 2. The minimum Gasteiger partial charge on any atom is -0.467 e. The van der Waals surface area contributed by atoms with Crippen molar-refractivity contribution in [2.75, 3.05) is 58.5 Å². The molecule has 4 heterocycles. The van der Waals surface area contributed by atoms with Crippen molar-refractivity contribution in [3.8, 4) is 23.2 Å². The molecule has 1 amide bonds. The van der Waals surface area contributed by atoms with Gasteiger partial charge in [-0.1, -0.05) is 25.8 Å². The van der Waals surface area contributed by atoms with Crippen LogP contribution in [-0.4, -0.2) is 86.3 Å². The quantitative estimate of drug-likeness (QED) is 0.111. The van der Waals surface area contributed by atoms with Crippen LogP contribution in [0.5, 0.6) is 6.01 Å². The van der Waals surface area contributed by atoms with Crippen molar-refractivity contribution in [1.82, 2.24) is 19.8 Å². The molecule has 0 saturated carbocycles. The summed E-state index contributed by atoms with van der Waals surface area (Å²) in [5, 5.41) is 9.02. The smallest absolute Gasteiger partial charge is 0.417 e. The van der Waals surface area contributed by atoms with Gasteiger partial charge in [-0.2, -0.15) is 28.4 Å². The lowest BCUT2D eigenvalue weighted by atomic mass is 9.92. The van der Waals surface area contributed by atoms with Crippen molar-refractivity contribution in [3.63, 3.8) is 0 Å². The lowest BCUT2D eigenvalue weighted by Crippen LogP contribution is -2.22. The van der Waals surface area contributed by atoms with E-state index in [1.807, 2.05) is 7.05 Å². The number of halogens is 6. The molecule has 4 aromatic rings. The summed E-state index contributed by atoms with van der Waals surface area (Å²) in [6, 6.07) is 4.77. The van der Waals surface area contributed by atoms with Gasteiger partial charge < -0.3 is 20.3 Å². The van der Waals surface area contributed by atoms with E-state index in [1.165, 1.54) is 51.8 Å². The van der Waals surface area contributed by atoms with Crippen molar-refractivity contribution in [2.24, 2.45) is 0 Å². The molecular weight excluding hydrogens is 696 g/mol. The molecule has 16 heteroatoms. The molecule has 0 bridgehead atoms. The maximum absolute atomic E-state index is 15.9.